The van der Waals surface area contributed by atoms with Gasteiger partial charge in [0.1, 0.15) is 11.5 Å². The van der Waals surface area contributed by atoms with Crippen molar-refractivity contribution in [3.05, 3.63) is 138 Å². The molecule has 0 aliphatic rings. The minimum absolute atomic E-state index is 0.341. The zero-order chi connectivity index (χ0) is 38.3. The topological polar surface area (TPSA) is 52.6 Å². The molecule has 0 bridgehead atoms. The minimum atomic E-state index is -0.341. The second kappa shape index (κ2) is 14.9. The molecule has 0 heterocycles. The molecule has 0 unspecified atom stereocenters. The molecule has 5 aromatic carbocycles. The summed E-state index contributed by atoms with van der Waals surface area (Å²) in [6, 6.07) is 15.3. The maximum atomic E-state index is 13.3. The number of benzene rings is 5. The lowest BCUT2D eigenvalue weighted by Gasteiger charge is -2.28. The van der Waals surface area contributed by atoms with Gasteiger partial charge in [0, 0.05) is 0 Å². The normalized spacial score (nSPS) is 11.2. The second-order valence-corrected chi connectivity index (χ2v) is 14.5. The lowest BCUT2D eigenvalue weighted by molar-refractivity contribution is 0.0722. The third kappa shape index (κ3) is 6.60. The first-order valence-electron chi connectivity index (χ1n) is 18.5. The Morgan fingerprint density at radius 1 is 0.365 bits per heavy atom. The Labute approximate surface area is 311 Å². The van der Waals surface area contributed by atoms with Crippen molar-refractivity contribution in [1.82, 2.24) is 0 Å². The van der Waals surface area contributed by atoms with Crippen LogP contribution in [0.1, 0.15) is 112 Å². The summed E-state index contributed by atoms with van der Waals surface area (Å²) >= 11 is 0. The van der Waals surface area contributed by atoms with E-state index in [-0.39, 0.29) is 11.9 Å². The van der Waals surface area contributed by atoms with Crippen LogP contribution in [0, 0.1) is 83.1 Å². The lowest BCUT2D eigenvalue weighted by Crippen LogP contribution is -2.13. The average molecular weight is 695 g/mol. The Morgan fingerprint density at radius 2 is 0.577 bits per heavy atom. The third-order valence-corrected chi connectivity index (χ3v) is 11.8. The number of hydrogen-bond donors (Lipinski definition) is 0. The van der Waals surface area contributed by atoms with E-state index >= 15 is 0 Å². The maximum absolute atomic E-state index is 13.3. The van der Waals surface area contributed by atoms with Crippen LogP contribution in [0.5, 0.6) is 11.5 Å². The van der Waals surface area contributed by atoms with Crippen molar-refractivity contribution < 1.29 is 19.1 Å². The van der Waals surface area contributed by atoms with E-state index in [9.17, 15) is 9.59 Å². The number of carbonyl (C=O) groups excluding carboxylic acids is 2. The zero-order valence-electron chi connectivity index (χ0n) is 33.7. The summed E-state index contributed by atoms with van der Waals surface area (Å²) in [5, 5.41) is 0. The molecule has 0 fully saturated rings. The van der Waals surface area contributed by atoms with Crippen molar-refractivity contribution in [1.29, 1.82) is 0 Å². The standard InChI is InChI=1S/C48H54O4/c1-15-37-17-21-39(22-18-37)47(49)51-45-33(11)29(7)43(30(8)34(45)12)41-25(3)27(5)42(28(6)26(41)4)44-31(9)35(13)46(36(14)32(44)10)52-48(50)40-23-19-38(16-2)20-24-40/h17-24H,15-16H2,1-14H3. The van der Waals surface area contributed by atoms with Gasteiger partial charge < -0.3 is 9.47 Å². The molecular weight excluding hydrogens is 641 g/mol. The van der Waals surface area contributed by atoms with E-state index in [2.05, 4.69) is 96.9 Å². The quantitative estimate of drug-likeness (QED) is 0.120. The highest BCUT2D eigenvalue weighted by molar-refractivity contribution is 5.94. The van der Waals surface area contributed by atoms with Crippen LogP contribution >= 0.6 is 0 Å². The van der Waals surface area contributed by atoms with Crippen molar-refractivity contribution in [3.8, 4) is 33.8 Å². The molecule has 5 aromatic rings. The molecule has 5 rings (SSSR count). The molecule has 0 amide bonds. The van der Waals surface area contributed by atoms with E-state index in [1.807, 2.05) is 48.5 Å². The van der Waals surface area contributed by atoms with Gasteiger partial charge in [-0.15, -0.1) is 0 Å². The third-order valence-electron chi connectivity index (χ3n) is 11.8. The van der Waals surface area contributed by atoms with E-state index in [1.54, 1.807) is 0 Å². The highest BCUT2D eigenvalue weighted by Gasteiger charge is 2.27. The number of rotatable bonds is 8. The first-order valence-corrected chi connectivity index (χ1v) is 18.5. The van der Waals surface area contributed by atoms with Gasteiger partial charge >= 0.3 is 11.9 Å². The van der Waals surface area contributed by atoms with Gasteiger partial charge in [-0.3, -0.25) is 0 Å². The molecule has 4 heteroatoms. The van der Waals surface area contributed by atoms with Crippen LogP contribution in [0.15, 0.2) is 48.5 Å². The second-order valence-electron chi connectivity index (χ2n) is 14.5. The highest BCUT2D eigenvalue weighted by Crippen LogP contribution is 2.47. The van der Waals surface area contributed by atoms with Gasteiger partial charge in [-0.1, -0.05) is 38.1 Å². The smallest absolute Gasteiger partial charge is 0.343 e. The van der Waals surface area contributed by atoms with E-state index in [0.717, 1.165) is 57.3 Å². The fourth-order valence-corrected chi connectivity index (χ4v) is 7.73. The fourth-order valence-electron chi connectivity index (χ4n) is 7.73. The molecule has 270 valence electrons. The first-order chi connectivity index (χ1) is 24.5. The van der Waals surface area contributed by atoms with Gasteiger partial charge in [-0.25, -0.2) is 9.59 Å². The summed E-state index contributed by atoms with van der Waals surface area (Å²) in [5.41, 5.74) is 21.6. The summed E-state index contributed by atoms with van der Waals surface area (Å²) in [6.45, 7) is 29.9. The fraction of sp³-hybridized carbons (Fsp3) is 0.333. The summed E-state index contributed by atoms with van der Waals surface area (Å²) in [4.78, 5) is 26.6. The SMILES string of the molecule is CCc1ccc(C(=O)Oc2c(C)c(C)c(-c3c(C)c(C)c(-c4c(C)c(C)c(OC(=O)c5ccc(CC)cc5)c(C)c4C)c(C)c3C)c(C)c2C)cc1. The van der Waals surface area contributed by atoms with Crippen molar-refractivity contribution in [2.45, 2.75) is 110 Å². The molecule has 0 saturated heterocycles. The largest absolute Gasteiger partial charge is 0.422 e. The van der Waals surface area contributed by atoms with Crippen LogP contribution in [0.3, 0.4) is 0 Å². The van der Waals surface area contributed by atoms with Crippen molar-refractivity contribution >= 4 is 11.9 Å². The van der Waals surface area contributed by atoms with Gasteiger partial charge in [0.2, 0.25) is 0 Å². The number of ether oxygens (including phenoxy) is 2. The first kappa shape index (κ1) is 38.3. The monoisotopic (exact) mass is 694 g/mol. The molecule has 0 aromatic heterocycles. The Hall–Kier alpha value is -4.96. The van der Waals surface area contributed by atoms with Gasteiger partial charge in [0.25, 0.3) is 0 Å². The van der Waals surface area contributed by atoms with E-state index in [4.69, 9.17) is 9.47 Å². The van der Waals surface area contributed by atoms with Gasteiger partial charge in [0.15, 0.2) is 0 Å². The van der Waals surface area contributed by atoms with Crippen molar-refractivity contribution in [2.24, 2.45) is 0 Å². The van der Waals surface area contributed by atoms with E-state index in [1.165, 1.54) is 55.6 Å². The summed E-state index contributed by atoms with van der Waals surface area (Å²) < 4.78 is 12.2. The van der Waals surface area contributed by atoms with E-state index < -0.39 is 0 Å². The lowest BCUT2D eigenvalue weighted by atomic mass is 9.77. The molecular formula is C48H54O4. The molecule has 0 radical (unpaired) electrons. The molecule has 4 nitrogen and oxygen atoms in total. The summed E-state index contributed by atoms with van der Waals surface area (Å²) in [5.74, 6) is 0.595. The predicted molar refractivity (Wildman–Crippen MR) is 216 cm³/mol. The van der Waals surface area contributed by atoms with Crippen LogP contribution < -0.4 is 9.47 Å². The average Bonchev–Trinajstić information content (AvgIpc) is 3.15. The van der Waals surface area contributed by atoms with Crippen molar-refractivity contribution in [3.63, 3.8) is 0 Å². The Balaban J connectivity index is 1.59. The number of carbonyl (C=O) groups is 2. The van der Waals surface area contributed by atoms with Crippen LogP contribution in [0.25, 0.3) is 22.3 Å². The molecule has 0 aliphatic carbocycles. The number of aryl methyl sites for hydroxylation is 2. The van der Waals surface area contributed by atoms with Gasteiger partial charge in [0.05, 0.1) is 11.1 Å². The van der Waals surface area contributed by atoms with Crippen LogP contribution in [-0.4, -0.2) is 11.9 Å². The number of esters is 2. The van der Waals surface area contributed by atoms with Crippen molar-refractivity contribution in [2.75, 3.05) is 0 Å². The molecule has 0 spiro atoms. The number of hydrogen-bond acceptors (Lipinski definition) is 4. The van der Waals surface area contributed by atoms with E-state index in [0.29, 0.717) is 22.6 Å². The van der Waals surface area contributed by atoms with Crippen LogP contribution in [0.2, 0.25) is 0 Å². The highest BCUT2D eigenvalue weighted by atomic mass is 16.5. The predicted octanol–water partition coefficient (Wildman–Crippen LogP) is 12.3. The van der Waals surface area contributed by atoms with Crippen LogP contribution in [-0.2, 0) is 12.8 Å². The molecule has 0 N–H and O–H groups in total. The summed E-state index contributed by atoms with van der Waals surface area (Å²) in [6.07, 6.45) is 1.84. The molecule has 0 atom stereocenters. The maximum Gasteiger partial charge on any atom is 0.343 e. The summed E-state index contributed by atoms with van der Waals surface area (Å²) in [7, 11) is 0. The Bertz CT molecular complexity index is 1980. The van der Waals surface area contributed by atoms with Gasteiger partial charge in [-0.2, -0.15) is 0 Å². The molecule has 0 aliphatic heterocycles. The Morgan fingerprint density at radius 3 is 0.788 bits per heavy atom. The minimum Gasteiger partial charge on any atom is -0.422 e. The zero-order valence-corrected chi connectivity index (χ0v) is 33.7. The Kier molecular flexibility index (Phi) is 11.0. The molecule has 0 saturated carbocycles. The molecule has 52 heavy (non-hydrogen) atoms. The van der Waals surface area contributed by atoms with Gasteiger partial charge in [-0.05, 0) is 220 Å². The van der Waals surface area contributed by atoms with Crippen LogP contribution in [0.4, 0.5) is 0 Å².